The molecule has 2 aliphatic heterocycles. The van der Waals surface area contributed by atoms with Crippen LogP contribution in [0.4, 0.5) is 5.69 Å². The molecular formula is C22H26N4O2. The van der Waals surface area contributed by atoms with Crippen LogP contribution >= 0.6 is 0 Å². The second-order valence-corrected chi connectivity index (χ2v) is 7.91. The van der Waals surface area contributed by atoms with Crippen molar-refractivity contribution in [2.45, 2.75) is 39.2 Å². The Labute approximate surface area is 164 Å². The minimum absolute atomic E-state index is 0.0462. The number of hydrogen-bond donors (Lipinski definition) is 0. The van der Waals surface area contributed by atoms with E-state index in [1.165, 1.54) is 17.7 Å². The maximum Gasteiger partial charge on any atom is 0.349 e. The summed E-state index contributed by atoms with van der Waals surface area (Å²) in [5, 5.41) is 4.53. The lowest BCUT2D eigenvalue weighted by molar-refractivity contribution is 0.0642. The van der Waals surface area contributed by atoms with Gasteiger partial charge in [-0.25, -0.2) is 9.48 Å². The molecule has 6 nitrogen and oxygen atoms in total. The molecule has 0 spiro atoms. The first-order valence-electron chi connectivity index (χ1n) is 10.2. The van der Waals surface area contributed by atoms with Gasteiger partial charge in [-0.15, -0.1) is 0 Å². The van der Waals surface area contributed by atoms with E-state index < -0.39 is 0 Å². The van der Waals surface area contributed by atoms with Gasteiger partial charge in [0.2, 0.25) is 0 Å². The molecule has 0 bridgehead atoms. The van der Waals surface area contributed by atoms with Crippen molar-refractivity contribution in [3.05, 3.63) is 52.2 Å². The molecule has 0 amide bonds. The van der Waals surface area contributed by atoms with Crippen LogP contribution in [0.2, 0.25) is 0 Å². The van der Waals surface area contributed by atoms with Crippen molar-refractivity contribution >= 4 is 11.2 Å². The number of benzene rings is 1. The average Bonchev–Trinajstić information content (AvgIpc) is 2.93. The van der Waals surface area contributed by atoms with Crippen LogP contribution in [0.1, 0.15) is 36.6 Å². The molecular weight excluding hydrogens is 352 g/mol. The number of rotatable bonds is 3. The van der Waals surface area contributed by atoms with Gasteiger partial charge < -0.3 is 9.64 Å². The highest BCUT2D eigenvalue weighted by Crippen LogP contribution is 2.34. The van der Waals surface area contributed by atoms with Crippen molar-refractivity contribution in [2.75, 3.05) is 31.2 Å². The summed E-state index contributed by atoms with van der Waals surface area (Å²) in [5.74, 6) is 0. The Hall–Kier alpha value is -2.60. The zero-order valence-electron chi connectivity index (χ0n) is 16.5. The van der Waals surface area contributed by atoms with Crippen molar-refractivity contribution in [3.8, 4) is 11.1 Å². The van der Waals surface area contributed by atoms with Crippen molar-refractivity contribution in [1.29, 1.82) is 0 Å². The van der Waals surface area contributed by atoms with Gasteiger partial charge in [-0.1, -0.05) is 12.1 Å². The predicted molar refractivity (Wildman–Crippen MR) is 110 cm³/mol. The number of hydrogen-bond acceptors (Lipinski definition) is 4. The third kappa shape index (κ3) is 2.66. The van der Waals surface area contributed by atoms with Gasteiger partial charge in [-0.05, 0) is 56.4 Å². The Morgan fingerprint density at radius 2 is 1.93 bits per heavy atom. The van der Waals surface area contributed by atoms with Crippen LogP contribution in [-0.4, -0.2) is 40.5 Å². The van der Waals surface area contributed by atoms with Crippen LogP contribution < -0.4 is 10.6 Å². The summed E-state index contributed by atoms with van der Waals surface area (Å²) in [6.45, 7) is 7.76. The fourth-order valence-corrected chi connectivity index (χ4v) is 4.57. The third-order valence-electron chi connectivity index (χ3n) is 6.28. The first-order valence-corrected chi connectivity index (χ1v) is 10.2. The van der Waals surface area contributed by atoms with Gasteiger partial charge in [0, 0.05) is 43.2 Å². The highest BCUT2D eigenvalue weighted by Gasteiger charge is 2.23. The third-order valence-corrected chi connectivity index (χ3v) is 6.28. The van der Waals surface area contributed by atoms with Gasteiger partial charge in [0.25, 0.3) is 0 Å². The van der Waals surface area contributed by atoms with E-state index in [2.05, 4.69) is 41.2 Å². The van der Waals surface area contributed by atoms with E-state index in [1.807, 2.05) is 17.5 Å². The van der Waals surface area contributed by atoms with Crippen molar-refractivity contribution in [3.63, 3.8) is 0 Å². The van der Waals surface area contributed by atoms with Crippen LogP contribution in [0.15, 0.2) is 35.3 Å². The Bertz CT molecular complexity index is 1090. The largest absolute Gasteiger partial charge is 0.381 e. The number of anilines is 1. The molecule has 0 saturated carbocycles. The highest BCUT2D eigenvalue weighted by atomic mass is 16.5. The van der Waals surface area contributed by atoms with Crippen molar-refractivity contribution < 1.29 is 4.74 Å². The van der Waals surface area contributed by atoms with E-state index in [9.17, 15) is 4.79 Å². The maximum atomic E-state index is 13.3. The fourth-order valence-electron chi connectivity index (χ4n) is 4.57. The van der Waals surface area contributed by atoms with Gasteiger partial charge in [0.1, 0.15) is 0 Å². The zero-order valence-corrected chi connectivity index (χ0v) is 16.5. The molecule has 146 valence electrons. The molecule has 0 aliphatic carbocycles. The minimum Gasteiger partial charge on any atom is -0.381 e. The molecule has 0 N–H and O–H groups in total. The molecule has 0 atom stereocenters. The topological polar surface area (TPSA) is 51.8 Å². The van der Waals surface area contributed by atoms with Crippen LogP contribution in [0.3, 0.4) is 0 Å². The van der Waals surface area contributed by atoms with E-state index in [4.69, 9.17) is 4.74 Å². The molecule has 0 unspecified atom stereocenters. The number of ether oxygens (including phenoxy) is 1. The maximum absolute atomic E-state index is 13.3. The van der Waals surface area contributed by atoms with Crippen LogP contribution in [-0.2, 0) is 4.74 Å². The summed E-state index contributed by atoms with van der Waals surface area (Å²) >= 11 is 0. The van der Waals surface area contributed by atoms with Gasteiger partial charge in [-0.3, -0.25) is 4.40 Å². The molecule has 3 aromatic rings. The lowest BCUT2D eigenvalue weighted by Crippen LogP contribution is -2.36. The molecule has 28 heavy (non-hydrogen) atoms. The summed E-state index contributed by atoms with van der Waals surface area (Å²) in [6.07, 6.45) is 4.78. The number of nitrogens with zero attached hydrogens (tertiary/aromatic N) is 4. The first kappa shape index (κ1) is 17.5. The Kier molecular flexibility index (Phi) is 4.23. The van der Waals surface area contributed by atoms with Crippen molar-refractivity contribution in [2.24, 2.45) is 0 Å². The predicted octanol–water partition coefficient (Wildman–Crippen LogP) is 3.34. The smallest absolute Gasteiger partial charge is 0.349 e. The number of aryl methyl sites for hydroxylation is 2. The second kappa shape index (κ2) is 6.78. The highest BCUT2D eigenvalue weighted by molar-refractivity contribution is 5.80. The second-order valence-electron chi connectivity index (χ2n) is 7.91. The molecule has 0 radical (unpaired) electrons. The van der Waals surface area contributed by atoms with Crippen molar-refractivity contribution in [1.82, 2.24) is 14.2 Å². The first-order chi connectivity index (χ1) is 13.6. The van der Waals surface area contributed by atoms with Crippen LogP contribution in [0, 0.1) is 13.8 Å². The minimum atomic E-state index is -0.0462. The quantitative estimate of drug-likeness (QED) is 0.701. The summed E-state index contributed by atoms with van der Waals surface area (Å²) in [6, 6.07) is 8.79. The lowest BCUT2D eigenvalue weighted by atomic mass is 10.0. The molecule has 2 saturated heterocycles. The van der Waals surface area contributed by atoms with Crippen LogP contribution in [0.25, 0.3) is 16.6 Å². The molecule has 5 rings (SSSR count). The standard InChI is InChI=1S/C22H26N4O2/c1-15-20-14-23-26(18-7-11-28-12-8-18)22(27)25(20)16(2)21(15)17-5-3-6-19(13-17)24-9-4-10-24/h3,5-6,13-14,18H,4,7-12H2,1-2H3. The summed E-state index contributed by atoms with van der Waals surface area (Å²) in [7, 11) is 0. The molecule has 2 aromatic heterocycles. The number of fused-ring (bicyclic) bond motifs is 1. The average molecular weight is 378 g/mol. The van der Waals surface area contributed by atoms with Gasteiger partial charge in [0.15, 0.2) is 0 Å². The van der Waals surface area contributed by atoms with E-state index >= 15 is 0 Å². The molecule has 4 heterocycles. The molecule has 1 aromatic carbocycles. The van der Waals surface area contributed by atoms with E-state index in [0.29, 0.717) is 13.2 Å². The van der Waals surface area contributed by atoms with Crippen LogP contribution in [0.5, 0.6) is 0 Å². The Morgan fingerprint density at radius 1 is 1.14 bits per heavy atom. The summed E-state index contributed by atoms with van der Waals surface area (Å²) in [4.78, 5) is 15.7. The van der Waals surface area contributed by atoms with E-state index in [1.54, 1.807) is 4.68 Å². The fraction of sp³-hybridized carbons (Fsp3) is 0.455. The molecule has 2 aliphatic rings. The SMILES string of the molecule is Cc1c(-c2cccc(N3CCC3)c2)c(C)n2c(=O)n(C3CCOCC3)ncc12. The van der Waals surface area contributed by atoms with E-state index in [-0.39, 0.29) is 11.7 Å². The van der Waals surface area contributed by atoms with Gasteiger partial charge in [0.05, 0.1) is 17.8 Å². The molecule has 6 heteroatoms. The Balaban J connectivity index is 1.64. The van der Waals surface area contributed by atoms with Gasteiger partial charge >= 0.3 is 5.69 Å². The zero-order chi connectivity index (χ0) is 19.3. The van der Waals surface area contributed by atoms with E-state index in [0.717, 1.165) is 48.3 Å². The monoisotopic (exact) mass is 378 g/mol. The molecule has 2 fully saturated rings. The Morgan fingerprint density at radius 3 is 2.64 bits per heavy atom. The summed E-state index contributed by atoms with van der Waals surface area (Å²) < 4.78 is 8.94. The number of aromatic nitrogens is 3. The summed E-state index contributed by atoms with van der Waals surface area (Å²) in [5.41, 5.74) is 6.52. The van der Waals surface area contributed by atoms with Gasteiger partial charge in [-0.2, -0.15) is 5.10 Å². The lowest BCUT2D eigenvalue weighted by Gasteiger charge is -2.33. The normalized spacial score (nSPS) is 17.9.